The molecule has 2 heterocycles. The highest BCUT2D eigenvalue weighted by Gasteiger charge is 2.18. The number of nitrogens with zero attached hydrogens (tertiary/aromatic N) is 3. The minimum Gasteiger partial charge on any atom is -0.313 e. The van der Waals surface area contributed by atoms with Gasteiger partial charge in [0.25, 0.3) is 0 Å². The molecule has 3 rings (SSSR count). The second-order valence-corrected chi connectivity index (χ2v) is 7.38. The van der Waals surface area contributed by atoms with Crippen LogP contribution in [0.4, 0.5) is 0 Å². The van der Waals surface area contributed by atoms with Crippen LogP contribution in [0.2, 0.25) is 0 Å². The molecule has 1 N–H and O–H groups in total. The third-order valence-electron chi connectivity index (χ3n) is 5.24. The standard InChI is InChI=1S/C21H32N4/c1-24-18-21(17-23-24)16-22-11-5-6-12-25-13-9-20(10-14-25)15-19-7-3-2-4-8-19/h2-4,7-8,17-18,20,22H,5-6,9-16H2,1H3. The predicted molar refractivity (Wildman–Crippen MR) is 103 cm³/mol. The van der Waals surface area contributed by atoms with E-state index in [0.29, 0.717) is 0 Å². The Labute approximate surface area is 152 Å². The Hall–Kier alpha value is -1.65. The first-order chi connectivity index (χ1) is 12.3. The van der Waals surface area contributed by atoms with Crippen molar-refractivity contribution in [2.45, 2.75) is 38.6 Å². The molecule has 0 saturated carbocycles. The lowest BCUT2D eigenvalue weighted by Crippen LogP contribution is -2.35. The number of benzene rings is 1. The lowest BCUT2D eigenvalue weighted by molar-refractivity contribution is 0.181. The fraction of sp³-hybridized carbons (Fsp3) is 0.571. The average Bonchev–Trinajstić information content (AvgIpc) is 3.05. The highest BCUT2D eigenvalue weighted by Crippen LogP contribution is 2.21. The molecular weight excluding hydrogens is 308 g/mol. The fourth-order valence-electron chi connectivity index (χ4n) is 3.74. The molecule has 1 aromatic carbocycles. The number of nitrogens with one attached hydrogen (secondary N) is 1. The number of aryl methyl sites for hydroxylation is 1. The highest BCUT2D eigenvalue weighted by atomic mass is 15.2. The Morgan fingerprint density at radius 3 is 2.60 bits per heavy atom. The molecule has 0 bridgehead atoms. The molecule has 0 amide bonds. The van der Waals surface area contributed by atoms with Gasteiger partial charge in [-0.25, -0.2) is 0 Å². The van der Waals surface area contributed by atoms with E-state index in [4.69, 9.17) is 0 Å². The third-order valence-corrected chi connectivity index (χ3v) is 5.24. The molecule has 0 spiro atoms. The van der Waals surface area contributed by atoms with Crippen molar-refractivity contribution in [3.8, 4) is 0 Å². The summed E-state index contributed by atoms with van der Waals surface area (Å²) in [6.07, 6.45) is 10.5. The first kappa shape index (κ1) is 18.2. The van der Waals surface area contributed by atoms with Crippen LogP contribution in [-0.2, 0) is 20.0 Å². The van der Waals surface area contributed by atoms with E-state index >= 15 is 0 Å². The van der Waals surface area contributed by atoms with Gasteiger partial charge in [0.15, 0.2) is 0 Å². The summed E-state index contributed by atoms with van der Waals surface area (Å²) in [7, 11) is 1.96. The molecule has 1 aliphatic rings. The molecule has 4 nitrogen and oxygen atoms in total. The third kappa shape index (κ3) is 6.29. The van der Waals surface area contributed by atoms with Crippen LogP contribution in [0.25, 0.3) is 0 Å². The summed E-state index contributed by atoms with van der Waals surface area (Å²) in [5.41, 5.74) is 2.77. The Morgan fingerprint density at radius 2 is 1.88 bits per heavy atom. The van der Waals surface area contributed by atoms with Crippen molar-refractivity contribution < 1.29 is 0 Å². The van der Waals surface area contributed by atoms with Crippen molar-refractivity contribution in [2.75, 3.05) is 26.2 Å². The SMILES string of the molecule is Cn1cc(CNCCCCN2CCC(Cc3ccccc3)CC2)cn1. The summed E-state index contributed by atoms with van der Waals surface area (Å²) in [5.74, 6) is 0.875. The molecule has 0 aliphatic carbocycles. The highest BCUT2D eigenvalue weighted by molar-refractivity contribution is 5.15. The predicted octanol–water partition coefficient (Wildman–Crippen LogP) is 3.24. The van der Waals surface area contributed by atoms with E-state index in [1.54, 1.807) is 0 Å². The summed E-state index contributed by atoms with van der Waals surface area (Å²) in [6, 6.07) is 11.0. The van der Waals surface area contributed by atoms with Crippen LogP contribution in [0.15, 0.2) is 42.7 Å². The van der Waals surface area contributed by atoms with Crippen molar-refractivity contribution in [3.05, 3.63) is 53.9 Å². The summed E-state index contributed by atoms with van der Waals surface area (Å²) >= 11 is 0. The van der Waals surface area contributed by atoms with E-state index in [2.05, 4.69) is 51.8 Å². The summed E-state index contributed by atoms with van der Waals surface area (Å²) in [5, 5.41) is 7.71. The largest absolute Gasteiger partial charge is 0.313 e. The lowest BCUT2D eigenvalue weighted by atomic mass is 9.90. The maximum absolute atomic E-state index is 4.20. The van der Waals surface area contributed by atoms with Crippen LogP contribution in [0, 0.1) is 5.92 Å². The van der Waals surface area contributed by atoms with Crippen molar-refractivity contribution in [3.63, 3.8) is 0 Å². The first-order valence-electron chi connectivity index (χ1n) is 9.74. The number of unbranched alkanes of at least 4 members (excludes halogenated alkanes) is 1. The van der Waals surface area contributed by atoms with Crippen LogP contribution >= 0.6 is 0 Å². The van der Waals surface area contributed by atoms with Crippen LogP contribution in [0.1, 0.15) is 36.8 Å². The first-order valence-corrected chi connectivity index (χ1v) is 9.74. The van der Waals surface area contributed by atoms with E-state index in [0.717, 1.165) is 19.0 Å². The smallest absolute Gasteiger partial charge is 0.0534 e. The van der Waals surface area contributed by atoms with E-state index in [9.17, 15) is 0 Å². The van der Waals surface area contributed by atoms with E-state index in [1.807, 2.05) is 17.9 Å². The Kier molecular flexibility index (Phi) is 7.07. The topological polar surface area (TPSA) is 33.1 Å². The molecule has 2 aromatic rings. The van der Waals surface area contributed by atoms with Crippen LogP contribution < -0.4 is 5.32 Å². The Bertz CT molecular complexity index is 599. The van der Waals surface area contributed by atoms with Crippen molar-refractivity contribution in [1.82, 2.24) is 20.0 Å². The van der Waals surface area contributed by atoms with Gasteiger partial charge >= 0.3 is 0 Å². The number of hydrogen-bond acceptors (Lipinski definition) is 3. The zero-order chi connectivity index (χ0) is 17.3. The van der Waals surface area contributed by atoms with Gasteiger partial charge in [-0.3, -0.25) is 4.68 Å². The van der Waals surface area contributed by atoms with E-state index < -0.39 is 0 Å². The van der Waals surface area contributed by atoms with Crippen LogP contribution in [0.5, 0.6) is 0 Å². The fourth-order valence-corrected chi connectivity index (χ4v) is 3.74. The number of rotatable bonds is 9. The van der Waals surface area contributed by atoms with Gasteiger partial charge in [0, 0.05) is 25.4 Å². The molecule has 1 aliphatic heterocycles. The Balaban J connectivity index is 1.22. The molecule has 1 aromatic heterocycles. The van der Waals surface area contributed by atoms with Gasteiger partial charge in [-0.2, -0.15) is 5.10 Å². The van der Waals surface area contributed by atoms with E-state index in [1.165, 1.54) is 62.9 Å². The quantitative estimate of drug-likeness (QED) is 0.712. The van der Waals surface area contributed by atoms with Gasteiger partial charge in [-0.1, -0.05) is 30.3 Å². The summed E-state index contributed by atoms with van der Waals surface area (Å²) in [6.45, 7) is 5.84. The van der Waals surface area contributed by atoms with Crippen LogP contribution in [0.3, 0.4) is 0 Å². The molecule has 4 heteroatoms. The lowest BCUT2D eigenvalue weighted by Gasteiger charge is -2.32. The molecular formula is C21H32N4. The molecule has 136 valence electrons. The molecule has 1 saturated heterocycles. The van der Waals surface area contributed by atoms with Gasteiger partial charge in [0.1, 0.15) is 0 Å². The van der Waals surface area contributed by atoms with Crippen molar-refractivity contribution in [1.29, 1.82) is 0 Å². The number of piperidine rings is 1. The second-order valence-electron chi connectivity index (χ2n) is 7.38. The maximum atomic E-state index is 4.20. The number of likely N-dealkylation sites (tertiary alicyclic amines) is 1. The average molecular weight is 341 g/mol. The van der Waals surface area contributed by atoms with Crippen molar-refractivity contribution >= 4 is 0 Å². The van der Waals surface area contributed by atoms with Gasteiger partial charge in [0.2, 0.25) is 0 Å². The van der Waals surface area contributed by atoms with Gasteiger partial charge < -0.3 is 10.2 Å². The number of aromatic nitrogens is 2. The van der Waals surface area contributed by atoms with Gasteiger partial charge in [-0.15, -0.1) is 0 Å². The zero-order valence-corrected chi connectivity index (χ0v) is 15.5. The second kappa shape index (κ2) is 9.73. The van der Waals surface area contributed by atoms with Gasteiger partial charge in [-0.05, 0) is 69.8 Å². The normalized spacial score (nSPS) is 16.4. The molecule has 1 fully saturated rings. The Morgan fingerprint density at radius 1 is 1.08 bits per heavy atom. The monoisotopic (exact) mass is 340 g/mol. The summed E-state index contributed by atoms with van der Waals surface area (Å²) in [4.78, 5) is 2.66. The zero-order valence-electron chi connectivity index (χ0n) is 15.5. The number of hydrogen-bond donors (Lipinski definition) is 1. The van der Waals surface area contributed by atoms with Gasteiger partial charge in [0.05, 0.1) is 6.20 Å². The van der Waals surface area contributed by atoms with Crippen LogP contribution in [-0.4, -0.2) is 40.9 Å². The van der Waals surface area contributed by atoms with E-state index in [-0.39, 0.29) is 0 Å². The molecule has 25 heavy (non-hydrogen) atoms. The maximum Gasteiger partial charge on any atom is 0.0534 e. The molecule has 0 unspecified atom stereocenters. The summed E-state index contributed by atoms with van der Waals surface area (Å²) < 4.78 is 1.86. The molecule has 0 radical (unpaired) electrons. The minimum atomic E-state index is 0.875. The van der Waals surface area contributed by atoms with Crippen molar-refractivity contribution in [2.24, 2.45) is 13.0 Å². The molecule has 0 atom stereocenters. The minimum absolute atomic E-state index is 0.875.